The Morgan fingerprint density at radius 2 is 1.67 bits per heavy atom. The van der Waals surface area contributed by atoms with E-state index in [1.165, 1.54) is 0 Å². The third kappa shape index (κ3) is 4.94. The van der Waals surface area contributed by atoms with E-state index in [1.54, 1.807) is 14.0 Å². The molecular formula is C25H30N4O4. The number of guanidine groups is 1. The molecule has 2 aliphatic heterocycles. The van der Waals surface area contributed by atoms with Crippen LogP contribution in [0.4, 0.5) is 5.69 Å². The maximum atomic E-state index is 13.0. The van der Waals surface area contributed by atoms with Crippen molar-refractivity contribution in [2.75, 3.05) is 44.8 Å². The number of nitrogens with one attached hydrogen (secondary N) is 1. The smallest absolute Gasteiger partial charge is 0.321 e. The zero-order chi connectivity index (χ0) is 23.4. The summed E-state index contributed by atoms with van der Waals surface area (Å²) in [7, 11) is 1.66. The van der Waals surface area contributed by atoms with Gasteiger partial charge in [-0.15, -0.1) is 0 Å². The molecule has 8 nitrogen and oxygen atoms in total. The fourth-order valence-electron chi connectivity index (χ4n) is 4.20. The summed E-state index contributed by atoms with van der Waals surface area (Å²) in [5.74, 6) is -0.582. The van der Waals surface area contributed by atoms with Gasteiger partial charge in [0.05, 0.1) is 13.7 Å². The molecule has 0 radical (unpaired) electrons. The van der Waals surface area contributed by atoms with Crippen LogP contribution in [0.25, 0.3) is 0 Å². The lowest BCUT2D eigenvalue weighted by Gasteiger charge is -2.39. The number of piperazine rings is 1. The fourth-order valence-corrected chi connectivity index (χ4v) is 4.20. The first kappa shape index (κ1) is 22.6. The highest BCUT2D eigenvalue weighted by Gasteiger charge is 2.42. The highest BCUT2D eigenvalue weighted by molar-refractivity contribution is 6.08. The molecule has 0 unspecified atom stereocenters. The van der Waals surface area contributed by atoms with E-state index >= 15 is 0 Å². The highest BCUT2D eigenvalue weighted by Crippen LogP contribution is 2.31. The van der Waals surface area contributed by atoms with E-state index in [0.29, 0.717) is 19.0 Å². The number of aryl methyl sites for hydroxylation is 1. The van der Waals surface area contributed by atoms with E-state index in [0.717, 1.165) is 35.7 Å². The average Bonchev–Trinajstić information content (AvgIpc) is 2.84. The minimum Gasteiger partial charge on any atom is -0.497 e. The van der Waals surface area contributed by atoms with Crippen molar-refractivity contribution < 1.29 is 19.1 Å². The number of carbonyl (C=O) groups is 2. The Balaban J connectivity index is 1.53. The fraction of sp³-hybridized carbons (Fsp3) is 0.400. The summed E-state index contributed by atoms with van der Waals surface area (Å²) in [4.78, 5) is 34.8. The van der Waals surface area contributed by atoms with Crippen molar-refractivity contribution in [1.82, 2.24) is 10.2 Å². The number of benzene rings is 2. The Morgan fingerprint density at radius 1 is 1.03 bits per heavy atom. The van der Waals surface area contributed by atoms with Crippen LogP contribution in [0.1, 0.15) is 24.1 Å². The normalized spacial score (nSPS) is 20.7. The summed E-state index contributed by atoms with van der Waals surface area (Å²) < 4.78 is 10.4. The van der Waals surface area contributed by atoms with Crippen molar-refractivity contribution in [1.29, 1.82) is 0 Å². The second-order valence-corrected chi connectivity index (χ2v) is 8.20. The molecular weight excluding hydrogens is 420 g/mol. The molecule has 0 bridgehead atoms. The van der Waals surface area contributed by atoms with E-state index in [9.17, 15) is 9.59 Å². The molecule has 0 aliphatic carbocycles. The van der Waals surface area contributed by atoms with Crippen LogP contribution >= 0.6 is 0 Å². The predicted octanol–water partition coefficient (Wildman–Crippen LogP) is 2.53. The molecule has 8 heteroatoms. The van der Waals surface area contributed by atoms with Crippen LogP contribution in [0.2, 0.25) is 0 Å². The van der Waals surface area contributed by atoms with Gasteiger partial charge in [-0.3, -0.25) is 14.9 Å². The number of nitrogens with zero attached hydrogens (tertiary/aromatic N) is 3. The van der Waals surface area contributed by atoms with Crippen LogP contribution < -0.4 is 15.0 Å². The van der Waals surface area contributed by atoms with E-state index in [1.807, 2.05) is 55.5 Å². The van der Waals surface area contributed by atoms with Gasteiger partial charge < -0.3 is 19.3 Å². The van der Waals surface area contributed by atoms with Gasteiger partial charge in [0, 0.05) is 31.9 Å². The van der Waals surface area contributed by atoms with Crippen LogP contribution in [0.5, 0.6) is 5.75 Å². The number of ether oxygens (including phenoxy) is 2. The summed E-state index contributed by atoms with van der Waals surface area (Å²) in [6.07, 6.45) is 0. The van der Waals surface area contributed by atoms with E-state index < -0.39 is 17.9 Å². The molecule has 1 saturated heterocycles. The van der Waals surface area contributed by atoms with Crippen molar-refractivity contribution in [2.24, 2.45) is 10.9 Å². The lowest BCUT2D eigenvalue weighted by molar-refractivity contribution is -0.153. The lowest BCUT2D eigenvalue weighted by atomic mass is 9.91. The number of carbonyl (C=O) groups excluding carboxylic acids is 2. The van der Waals surface area contributed by atoms with Gasteiger partial charge in [-0.1, -0.05) is 29.8 Å². The summed E-state index contributed by atoms with van der Waals surface area (Å²) in [5, 5.41) is 2.86. The van der Waals surface area contributed by atoms with Gasteiger partial charge in [0.25, 0.3) is 0 Å². The first-order valence-corrected chi connectivity index (χ1v) is 11.3. The molecule has 2 aromatic carbocycles. The number of methoxy groups -OCH3 is 1. The van der Waals surface area contributed by atoms with Crippen LogP contribution in [0.3, 0.4) is 0 Å². The van der Waals surface area contributed by atoms with Gasteiger partial charge in [0.2, 0.25) is 11.9 Å². The Kier molecular flexibility index (Phi) is 6.82. The van der Waals surface area contributed by atoms with E-state index in [-0.39, 0.29) is 12.5 Å². The molecule has 0 aromatic heterocycles. The van der Waals surface area contributed by atoms with Crippen LogP contribution in [-0.4, -0.2) is 62.6 Å². The van der Waals surface area contributed by atoms with Crippen LogP contribution in [-0.2, 0) is 14.3 Å². The first-order valence-electron chi connectivity index (χ1n) is 11.3. The number of hydrogen-bond donors (Lipinski definition) is 1. The van der Waals surface area contributed by atoms with Crippen molar-refractivity contribution >= 4 is 23.5 Å². The molecule has 174 valence electrons. The molecule has 2 atom stereocenters. The summed E-state index contributed by atoms with van der Waals surface area (Å²) in [6, 6.07) is 15.2. The zero-order valence-electron chi connectivity index (χ0n) is 19.3. The molecule has 2 heterocycles. The molecule has 33 heavy (non-hydrogen) atoms. The quantitative estimate of drug-likeness (QED) is 0.557. The Morgan fingerprint density at radius 3 is 2.27 bits per heavy atom. The second-order valence-electron chi connectivity index (χ2n) is 8.20. The molecule has 0 saturated carbocycles. The van der Waals surface area contributed by atoms with Gasteiger partial charge in [-0.05, 0) is 43.7 Å². The minimum atomic E-state index is -1.00. The first-order chi connectivity index (χ1) is 16.0. The number of rotatable bonds is 5. The van der Waals surface area contributed by atoms with Crippen LogP contribution in [0, 0.1) is 12.8 Å². The standard InChI is InChI=1S/C25H30N4O4/c1-4-33-24(31)21-22(18-7-5-17(2)6-8-18)26-25(27-23(21)30)29-15-13-28(14-16-29)19-9-11-20(32-3)12-10-19/h5-12,21-22H,4,13-16H2,1-3H3,(H,26,27,30)/t21-,22-/m1/s1. The zero-order valence-corrected chi connectivity index (χ0v) is 19.3. The Bertz CT molecular complexity index is 1010. The Hall–Kier alpha value is -3.55. The van der Waals surface area contributed by atoms with Gasteiger partial charge in [-0.25, -0.2) is 4.99 Å². The third-order valence-electron chi connectivity index (χ3n) is 6.07. The Labute approximate surface area is 194 Å². The number of anilines is 1. The third-order valence-corrected chi connectivity index (χ3v) is 6.07. The van der Waals surface area contributed by atoms with Crippen molar-refractivity contribution in [3.8, 4) is 5.75 Å². The molecule has 1 N–H and O–H groups in total. The topological polar surface area (TPSA) is 83.5 Å². The van der Waals surface area contributed by atoms with Gasteiger partial charge in [0.1, 0.15) is 11.8 Å². The molecule has 1 fully saturated rings. The van der Waals surface area contributed by atoms with Gasteiger partial charge in [0.15, 0.2) is 5.92 Å². The predicted molar refractivity (Wildman–Crippen MR) is 126 cm³/mol. The largest absolute Gasteiger partial charge is 0.497 e. The van der Waals surface area contributed by atoms with Gasteiger partial charge >= 0.3 is 5.97 Å². The molecule has 1 amide bonds. The van der Waals surface area contributed by atoms with E-state index in [2.05, 4.69) is 15.1 Å². The summed E-state index contributed by atoms with van der Waals surface area (Å²) >= 11 is 0. The lowest BCUT2D eigenvalue weighted by Crippen LogP contribution is -2.57. The summed E-state index contributed by atoms with van der Waals surface area (Å²) in [6.45, 7) is 6.93. The number of aliphatic imine (C=N–C) groups is 1. The van der Waals surface area contributed by atoms with Crippen molar-refractivity contribution in [2.45, 2.75) is 19.9 Å². The van der Waals surface area contributed by atoms with Crippen molar-refractivity contribution in [3.63, 3.8) is 0 Å². The average molecular weight is 451 g/mol. The maximum Gasteiger partial charge on any atom is 0.321 e. The number of esters is 1. The SMILES string of the molecule is CCOC(=O)[C@H]1C(=O)NC(N2CCN(c3ccc(OC)cc3)CC2)=N[C@@H]1c1ccc(C)cc1. The highest BCUT2D eigenvalue weighted by atomic mass is 16.5. The van der Waals surface area contributed by atoms with Crippen molar-refractivity contribution in [3.05, 3.63) is 59.7 Å². The summed E-state index contributed by atoms with van der Waals surface area (Å²) in [5.41, 5.74) is 3.05. The maximum absolute atomic E-state index is 13.0. The van der Waals surface area contributed by atoms with Crippen LogP contribution in [0.15, 0.2) is 53.5 Å². The minimum absolute atomic E-state index is 0.215. The molecule has 2 aromatic rings. The number of hydrogen-bond acceptors (Lipinski definition) is 7. The molecule has 2 aliphatic rings. The molecule has 4 rings (SSSR count). The number of amides is 1. The second kappa shape index (κ2) is 9.94. The van der Waals surface area contributed by atoms with E-state index in [4.69, 9.17) is 14.5 Å². The monoisotopic (exact) mass is 450 g/mol. The van der Waals surface area contributed by atoms with Gasteiger partial charge in [-0.2, -0.15) is 0 Å². The molecule has 0 spiro atoms.